The van der Waals surface area contributed by atoms with E-state index in [1.54, 1.807) is 0 Å². The van der Waals surface area contributed by atoms with Crippen molar-refractivity contribution in [3.8, 4) is 17.2 Å². The third-order valence-electron chi connectivity index (χ3n) is 5.90. The van der Waals surface area contributed by atoms with Gasteiger partial charge in [-0.3, -0.25) is 4.72 Å². The van der Waals surface area contributed by atoms with Crippen LogP contribution in [-0.2, 0) is 16.4 Å². The molecule has 2 atom stereocenters. The number of anilines is 1. The van der Waals surface area contributed by atoms with E-state index in [0.717, 1.165) is 28.3 Å². The summed E-state index contributed by atoms with van der Waals surface area (Å²) in [5.41, 5.74) is 1.39. The first-order valence-electron chi connectivity index (χ1n) is 11.8. The maximum atomic E-state index is 11.5. The monoisotopic (exact) mass is 522 g/mol. The van der Waals surface area contributed by atoms with Crippen LogP contribution < -0.4 is 14.8 Å². The highest BCUT2D eigenvalue weighted by molar-refractivity contribution is 7.92. The smallest absolute Gasteiger partial charge is 0.229 e. The van der Waals surface area contributed by atoms with Crippen molar-refractivity contribution in [1.82, 2.24) is 5.32 Å². The normalized spacial score (nSPS) is 13.3. The van der Waals surface area contributed by atoms with Crippen LogP contribution in [-0.4, -0.2) is 49.2 Å². The van der Waals surface area contributed by atoms with Crippen molar-refractivity contribution in [3.63, 3.8) is 0 Å². The van der Waals surface area contributed by atoms with E-state index in [1.807, 2.05) is 66.7 Å². The number of nitrogens with one attached hydrogen (secondary N) is 2. The molecule has 0 amide bonds. The molecule has 0 bridgehead atoms. The minimum Gasteiger partial charge on any atom is -0.506 e. The van der Waals surface area contributed by atoms with Gasteiger partial charge in [0.2, 0.25) is 10.0 Å². The van der Waals surface area contributed by atoms with Crippen LogP contribution in [0.2, 0.25) is 0 Å². The molecule has 0 aliphatic rings. The maximum absolute atomic E-state index is 11.5. The fourth-order valence-electron chi connectivity index (χ4n) is 4.03. The fourth-order valence-corrected chi connectivity index (χ4v) is 4.59. The van der Waals surface area contributed by atoms with Crippen molar-refractivity contribution in [2.24, 2.45) is 0 Å². The summed E-state index contributed by atoms with van der Waals surface area (Å²) < 4.78 is 31.3. The zero-order chi connectivity index (χ0) is 26.4. The van der Waals surface area contributed by atoms with Crippen LogP contribution in [0.25, 0.3) is 10.8 Å². The molecule has 0 radical (unpaired) electrons. The van der Waals surface area contributed by atoms with Crippen LogP contribution >= 0.6 is 0 Å². The van der Waals surface area contributed by atoms with Crippen LogP contribution in [0, 0.1) is 0 Å². The molecule has 37 heavy (non-hydrogen) atoms. The lowest BCUT2D eigenvalue weighted by Crippen LogP contribution is -2.37. The van der Waals surface area contributed by atoms with Gasteiger partial charge in [0.25, 0.3) is 0 Å². The van der Waals surface area contributed by atoms with Crippen LogP contribution in [0.3, 0.4) is 0 Å². The number of benzene rings is 4. The Kier molecular flexibility index (Phi) is 8.30. The summed E-state index contributed by atoms with van der Waals surface area (Å²) in [6.07, 6.45) is 0.519. The van der Waals surface area contributed by atoms with Gasteiger partial charge in [-0.25, -0.2) is 8.42 Å². The maximum Gasteiger partial charge on any atom is 0.229 e. The standard InChI is InChI=1S/C28H30N2O6S/c1-37(34,35)30-25-16-21(11-14-26(25)32)27(33)17-29-22(18-31)15-19-9-12-23(13-10-19)36-28-8-4-6-20-5-2-3-7-24(20)28/h2-14,16,22,27,29-33H,15,17-18H2,1H3/t22-,27?/m0/s1. The van der Waals surface area contributed by atoms with Crippen LogP contribution in [0.5, 0.6) is 17.2 Å². The number of hydrogen-bond donors (Lipinski definition) is 5. The number of hydrogen-bond acceptors (Lipinski definition) is 7. The minimum atomic E-state index is -3.59. The van der Waals surface area contributed by atoms with Crippen molar-refractivity contribution in [3.05, 3.63) is 96.1 Å². The van der Waals surface area contributed by atoms with E-state index in [0.29, 0.717) is 17.7 Å². The van der Waals surface area contributed by atoms with E-state index in [-0.39, 0.29) is 30.6 Å². The van der Waals surface area contributed by atoms with Gasteiger partial charge < -0.3 is 25.4 Å². The average molecular weight is 523 g/mol. The molecule has 194 valence electrons. The largest absolute Gasteiger partial charge is 0.506 e. The molecule has 5 N–H and O–H groups in total. The van der Waals surface area contributed by atoms with E-state index in [4.69, 9.17) is 4.74 Å². The molecule has 0 saturated carbocycles. The first-order valence-corrected chi connectivity index (χ1v) is 13.7. The lowest BCUT2D eigenvalue weighted by molar-refractivity contribution is 0.158. The van der Waals surface area contributed by atoms with Gasteiger partial charge in [-0.05, 0) is 53.3 Å². The van der Waals surface area contributed by atoms with Gasteiger partial charge in [0, 0.05) is 18.0 Å². The van der Waals surface area contributed by atoms with Crippen LogP contribution in [0.15, 0.2) is 84.9 Å². The highest BCUT2D eigenvalue weighted by atomic mass is 32.2. The summed E-state index contributed by atoms with van der Waals surface area (Å²) in [4.78, 5) is 0. The molecule has 0 aliphatic carbocycles. The number of sulfonamides is 1. The number of rotatable bonds is 11. The zero-order valence-electron chi connectivity index (χ0n) is 20.3. The van der Waals surface area contributed by atoms with Crippen LogP contribution in [0.1, 0.15) is 17.2 Å². The Morgan fingerprint density at radius 1 is 0.946 bits per heavy atom. The summed E-state index contributed by atoms with van der Waals surface area (Å²) >= 11 is 0. The van der Waals surface area contributed by atoms with Crippen LogP contribution in [0.4, 0.5) is 5.69 Å². The second kappa shape index (κ2) is 11.6. The molecular weight excluding hydrogens is 492 g/mol. The lowest BCUT2D eigenvalue weighted by Gasteiger charge is -2.20. The Bertz CT molecular complexity index is 1450. The lowest BCUT2D eigenvalue weighted by atomic mass is 10.0. The van der Waals surface area contributed by atoms with Gasteiger partial charge >= 0.3 is 0 Å². The average Bonchev–Trinajstić information content (AvgIpc) is 2.88. The highest BCUT2D eigenvalue weighted by Gasteiger charge is 2.16. The molecule has 9 heteroatoms. The molecule has 1 unspecified atom stereocenters. The molecular formula is C28H30N2O6S. The van der Waals surface area contributed by atoms with Crippen molar-refractivity contribution in [2.45, 2.75) is 18.6 Å². The zero-order valence-corrected chi connectivity index (χ0v) is 21.2. The topological polar surface area (TPSA) is 128 Å². The molecule has 8 nitrogen and oxygen atoms in total. The Morgan fingerprint density at radius 2 is 1.68 bits per heavy atom. The predicted octanol–water partition coefficient (Wildman–Crippen LogP) is 3.94. The van der Waals surface area contributed by atoms with E-state index in [9.17, 15) is 23.7 Å². The molecule has 0 heterocycles. The van der Waals surface area contributed by atoms with E-state index in [1.165, 1.54) is 18.2 Å². The van der Waals surface area contributed by atoms with Gasteiger partial charge in [-0.15, -0.1) is 0 Å². The van der Waals surface area contributed by atoms with Gasteiger partial charge in [-0.2, -0.15) is 0 Å². The minimum absolute atomic E-state index is 0.0106. The summed E-state index contributed by atoms with van der Waals surface area (Å²) in [5, 5.41) is 35.6. The Balaban J connectivity index is 1.35. The van der Waals surface area contributed by atoms with Gasteiger partial charge in [0.15, 0.2) is 0 Å². The Hall–Kier alpha value is -3.63. The number of fused-ring (bicyclic) bond motifs is 1. The van der Waals surface area contributed by atoms with Crippen molar-refractivity contribution in [2.75, 3.05) is 24.1 Å². The molecule has 4 rings (SSSR count). The summed E-state index contributed by atoms with van der Waals surface area (Å²) in [7, 11) is -3.59. The number of aliphatic hydroxyl groups is 2. The van der Waals surface area contributed by atoms with E-state index >= 15 is 0 Å². The summed E-state index contributed by atoms with van der Waals surface area (Å²) in [6.45, 7) is -0.0198. The number of phenols is 1. The molecule has 4 aromatic carbocycles. The quantitative estimate of drug-likeness (QED) is 0.189. The fraction of sp³-hybridized carbons (Fsp3) is 0.214. The van der Waals surface area contributed by atoms with Crippen molar-refractivity contribution < 1.29 is 28.5 Å². The van der Waals surface area contributed by atoms with Gasteiger partial charge in [0.05, 0.1) is 24.7 Å². The number of phenolic OH excluding ortho intramolecular Hbond substituents is 1. The van der Waals surface area contributed by atoms with Crippen molar-refractivity contribution in [1.29, 1.82) is 0 Å². The highest BCUT2D eigenvalue weighted by Crippen LogP contribution is 2.30. The molecule has 0 aromatic heterocycles. The van der Waals surface area contributed by atoms with E-state index < -0.39 is 16.1 Å². The van der Waals surface area contributed by atoms with Gasteiger partial charge in [-0.1, -0.05) is 54.6 Å². The Morgan fingerprint density at radius 3 is 2.41 bits per heavy atom. The molecule has 0 fully saturated rings. The first-order chi connectivity index (χ1) is 17.7. The second-order valence-electron chi connectivity index (χ2n) is 8.88. The summed E-state index contributed by atoms with van der Waals surface area (Å²) in [6, 6.07) is 25.5. The summed E-state index contributed by atoms with van der Waals surface area (Å²) in [5.74, 6) is 1.24. The van der Waals surface area contributed by atoms with Crippen molar-refractivity contribution >= 4 is 26.5 Å². The molecule has 4 aromatic rings. The second-order valence-corrected chi connectivity index (χ2v) is 10.6. The van der Waals surface area contributed by atoms with E-state index in [2.05, 4.69) is 10.0 Å². The predicted molar refractivity (Wildman–Crippen MR) is 145 cm³/mol. The SMILES string of the molecule is CS(=O)(=O)Nc1cc(C(O)CN[C@H](CO)Cc2ccc(Oc3cccc4ccccc34)cc2)ccc1O. The molecule has 0 spiro atoms. The molecule has 0 aliphatic heterocycles. The number of aliphatic hydroxyl groups excluding tert-OH is 2. The number of aromatic hydroxyl groups is 1. The third kappa shape index (κ3) is 7.21. The third-order valence-corrected chi connectivity index (χ3v) is 6.49. The number of ether oxygens (including phenoxy) is 1. The first kappa shape index (κ1) is 26.4. The van der Waals surface area contributed by atoms with Gasteiger partial charge in [0.1, 0.15) is 17.2 Å². The molecule has 0 saturated heterocycles. The Labute approximate surface area is 216 Å².